The lowest BCUT2D eigenvalue weighted by molar-refractivity contribution is -0.131. The van der Waals surface area contributed by atoms with E-state index in [2.05, 4.69) is 26.1 Å². The van der Waals surface area contributed by atoms with Crippen molar-refractivity contribution in [1.29, 1.82) is 0 Å². The summed E-state index contributed by atoms with van der Waals surface area (Å²) in [6, 6.07) is 14.4. The quantitative estimate of drug-likeness (QED) is 0.598. The molecule has 1 fully saturated rings. The minimum Gasteiger partial charge on any atom is -0.427 e. The second-order valence-corrected chi connectivity index (χ2v) is 8.99. The fourth-order valence-corrected chi connectivity index (χ4v) is 3.66. The number of nitrogens with zero attached hydrogens (tertiary/aromatic N) is 1. The number of carbonyl (C=O) groups excluding carboxylic acids is 3. The third-order valence-corrected chi connectivity index (χ3v) is 5.47. The molecular formula is C25H30N2O4. The van der Waals surface area contributed by atoms with E-state index < -0.39 is 5.97 Å². The molecule has 0 aliphatic carbocycles. The summed E-state index contributed by atoms with van der Waals surface area (Å²) in [6.07, 6.45) is 1.39. The molecule has 1 aliphatic heterocycles. The van der Waals surface area contributed by atoms with Gasteiger partial charge in [0.15, 0.2) is 0 Å². The van der Waals surface area contributed by atoms with Crippen molar-refractivity contribution >= 4 is 17.8 Å². The molecule has 2 aromatic carbocycles. The number of esters is 1. The molecule has 31 heavy (non-hydrogen) atoms. The van der Waals surface area contributed by atoms with Crippen molar-refractivity contribution in [3.05, 3.63) is 65.2 Å². The Morgan fingerprint density at radius 3 is 2.19 bits per heavy atom. The van der Waals surface area contributed by atoms with Gasteiger partial charge in [-0.1, -0.05) is 39.0 Å². The molecule has 2 amide bonds. The van der Waals surface area contributed by atoms with Gasteiger partial charge in [-0.3, -0.25) is 14.4 Å². The van der Waals surface area contributed by atoms with Crippen LogP contribution in [0.5, 0.6) is 5.75 Å². The number of amides is 2. The van der Waals surface area contributed by atoms with E-state index in [4.69, 9.17) is 4.74 Å². The van der Waals surface area contributed by atoms with Crippen LogP contribution in [0.2, 0.25) is 0 Å². The van der Waals surface area contributed by atoms with E-state index in [1.165, 1.54) is 12.5 Å². The number of nitrogens with one attached hydrogen (secondary N) is 1. The molecular weight excluding hydrogens is 392 g/mol. The zero-order valence-corrected chi connectivity index (χ0v) is 18.6. The predicted molar refractivity (Wildman–Crippen MR) is 119 cm³/mol. The van der Waals surface area contributed by atoms with Crippen molar-refractivity contribution in [2.75, 3.05) is 13.1 Å². The van der Waals surface area contributed by atoms with Gasteiger partial charge in [0.25, 0.3) is 11.8 Å². The van der Waals surface area contributed by atoms with Crippen molar-refractivity contribution in [2.45, 2.75) is 52.0 Å². The first-order chi connectivity index (χ1) is 14.6. The molecule has 6 heteroatoms. The van der Waals surface area contributed by atoms with Crippen LogP contribution in [0.25, 0.3) is 0 Å². The maximum atomic E-state index is 12.8. The lowest BCUT2D eigenvalue weighted by Crippen LogP contribution is -2.46. The number of carbonyl (C=O) groups is 3. The molecule has 1 aliphatic rings. The molecule has 0 aromatic heterocycles. The van der Waals surface area contributed by atoms with Gasteiger partial charge >= 0.3 is 5.97 Å². The average molecular weight is 423 g/mol. The Labute approximate surface area is 183 Å². The van der Waals surface area contributed by atoms with E-state index in [0.717, 1.165) is 0 Å². The summed E-state index contributed by atoms with van der Waals surface area (Å²) in [4.78, 5) is 38.4. The van der Waals surface area contributed by atoms with Gasteiger partial charge in [0.2, 0.25) is 0 Å². The molecule has 0 saturated carbocycles. The standard InChI is InChI=1S/C25H30N2O4/c1-17(28)31-22-7-5-6-19(16-22)23(29)26-21-12-14-27(15-13-21)24(30)18-8-10-20(11-9-18)25(2,3)4/h5-11,16,21H,12-15H2,1-4H3,(H,26,29). The Balaban J connectivity index is 1.54. The highest BCUT2D eigenvalue weighted by atomic mass is 16.5. The second-order valence-electron chi connectivity index (χ2n) is 8.99. The Bertz CT molecular complexity index is 952. The number of piperidine rings is 1. The third kappa shape index (κ3) is 5.94. The summed E-state index contributed by atoms with van der Waals surface area (Å²) >= 11 is 0. The highest BCUT2D eigenvalue weighted by molar-refractivity contribution is 5.95. The van der Waals surface area contributed by atoms with Gasteiger partial charge in [-0.05, 0) is 54.2 Å². The zero-order chi connectivity index (χ0) is 22.6. The number of rotatable bonds is 4. The van der Waals surface area contributed by atoms with E-state index in [-0.39, 0.29) is 23.3 Å². The number of hydrogen-bond acceptors (Lipinski definition) is 4. The summed E-state index contributed by atoms with van der Waals surface area (Å²) in [5.41, 5.74) is 2.38. The van der Waals surface area contributed by atoms with Crippen molar-refractivity contribution in [2.24, 2.45) is 0 Å². The number of hydrogen-bond donors (Lipinski definition) is 1. The summed E-state index contributed by atoms with van der Waals surface area (Å²) in [5.74, 6) is -0.267. The van der Waals surface area contributed by atoms with Crippen LogP contribution in [0.1, 0.15) is 66.8 Å². The van der Waals surface area contributed by atoms with Gasteiger partial charge in [0.1, 0.15) is 5.75 Å². The van der Waals surface area contributed by atoms with Crippen LogP contribution in [0.15, 0.2) is 48.5 Å². The number of benzene rings is 2. The SMILES string of the molecule is CC(=O)Oc1cccc(C(=O)NC2CCN(C(=O)c3ccc(C(C)(C)C)cc3)CC2)c1. The summed E-state index contributed by atoms with van der Waals surface area (Å²) in [6.45, 7) is 8.96. The molecule has 0 bridgehead atoms. The smallest absolute Gasteiger partial charge is 0.308 e. The molecule has 1 N–H and O–H groups in total. The number of ether oxygens (including phenoxy) is 1. The van der Waals surface area contributed by atoms with Crippen molar-refractivity contribution in [3.63, 3.8) is 0 Å². The fraction of sp³-hybridized carbons (Fsp3) is 0.400. The van der Waals surface area contributed by atoms with Crippen LogP contribution in [0.3, 0.4) is 0 Å². The van der Waals surface area contributed by atoms with Gasteiger partial charge in [-0.25, -0.2) is 0 Å². The summed E-state index contributed by atoms with van der Waals surface area (Å²) in [5, 5.41) is 3.02. The Morgan fingerprint density at radius 2 is 1.61 bits per heavy atom. The highest BCUT2D eigenvalue weighted by Gasteiger charge is 2.25. The zero-order valence-electron chi connectivity index (χ0n) is 18.6. The Hall–Kier alpha value is -3.15. The van der Waals surface area contributed by atoms with Crippen LogP contribution in [-0.2, 0) is 10.2 Å². The van der Waals surface area contributed by atoms with Gasteiger partial charge < -0.3 is 15.0 Å². The molecule has 0 spiro atoms. The van der Waals surface area contributed by atoms with Gasteiger partial charge in [0, 0.05) is 37.2 Å². The third-order valence-electron chi connectivity index (χ3n) is 5.47. The predicted octanol–water partition coefficient (Wildman–Crippen LogP) is 3.94. The molecule has 0 radical (unpaired) electrons. The van der Waals surface area contributed by atoms with Crippen molar-refractivity contribution < 1.29 is 19.1 Å². The van der Waals surface area contributed by atoms with E-state index in [0.29, 0.717) is 42.8 Å². The first-order valence-corrected chi connectivity index (χ1v) is 10.6. The molecule has 2 aromatic rings. The molecule has 6 nitrogen and oxygen atoms in total. The maximum Gasteiger partial charge on any atom is 0.308 e. The fourth-order valence-electron chi connectivity index (χ4n) is 3.66. The lowest BCUT2D eigenvalue weighted by Gasteiger charge is -2.32. The first-order valence-electron chi connectivity index (χ1n) is 10.6. The molecule has 1 saturated heterocycles. The van der Waals surface area contributed by atoms with E-state index >= 15 is 0 Å². The summed E-state index contributed by atoms with van der Waals surface area (Å²) in [7, 11) is 0. The number of likely N-dealkylation sites (tertiary alicyclic amines) is 1. The minimum atomic E-state index is -0.428. The highest BCUT2D eigenvalue weighted by Crippen LogP contribution is 2.23. The van der Waals surface area contributed by atoms with Crippen LogP contribution in [0, 0.1) is 0 Å². The normalized spacial score (nSPS) is 14.8. The van der Waals surface area contributed by atoms with Crippen molar-refractivity contribution in [1.82, 2.24) is 10.2 Å². The average Bonchev–Trinajstić information content (AvgIpc) is 2.73. The monoisotopic (exact) mass is 422 g/mol. The topological polar surface area (TPSA) is 75.7 Å². The minimum absolute atomic E-state index is 0.00259. The largest absolute Gasteiger partial charge is 0.427 e. The Morgan fingerprint density at radius 1 is 0.968 bits per heavy atom. The van der Waals surface area contributed by atoms with Gasteiger partial charge in [-0.2, -0.15) is 0 Å². The Kier molecular flexibility index (Phi) is 6.78. The van der Waals surface area contributed by atoms with E-state index in [1.807, 2.05) is 29.2 Å². The molecule has 1 heterocycles. The van der Waals surface area contributed by atoms with Crippen LogP contribution >= 0.6 is 0 Å². The molecule has 3 rings (SSSR count). The summed E-state index contributed by atoms with van der Waals surface area (Å²) < 4.78 is 5.04. The van der Waals surface area contributed by atoms with Crippen LogP contribution < -0.4 is 10.1 Å². The van der Waals surface area contributed by atoms with Gasteiger partial charge in [0.05, 0.1) is 0 Å². The van der Waals surface area contributed by atoms with E-state index in [9.17, 15) is 14.4 Å². The molecule has 0 unspecified atom stereocenters. The lowest BCUT2D eigenvalue weighted by atomic mass is 9.86. The van der Waals surface area contributed by atoms with Crippen LogP contribution in [-0.4, -0.2) is 41.8 Å². The van der Waals surface area contributed by atoms with Gasteiger partial charge in [-0.15, -0.1) is 0 Å². The maximum absolute atomic E-state index is 12.8. The van der Waals surface area contributed by atoms with Crippen molar-refractivity contribution in [3.8, 4) is 5.75 Å². The molecule has 0 atom stereocenters. The first kappa shape index (κ1) is 22.5. The second kappa shape index (κ2) is 9.33. The van der Waals surface area contributed by atoms with Crippen LogP contribution in [0.4, 0.5) is 0 Å². The molecule has 164 valence electrons. The van der Waals surface area contributed by atoms with E-state index in [1.54, 1.807) is 24.3 Å².